The van der Waals surface area contributed by atoms with Crippen molar-refractivity contribution >= 4 is 47.8 Å². The van der Waals surface area contributed by atoms with E-state index in [4.69, 9.17) is 75.8 Å². The standard InChI is InChI=1S/C84H96O24/c1-73(2,3)105-69(89)61-53-29-30-54(62(61)70(90)106-74(4,5)6)82(102-22)43-35-78(98-18,36-44-82)50-27-28-52(60(68(88)96-16)58(50)66(86)94-14)80(100-20)39-47-84(104-24,48-40-80)56-32-31-55(63(71(91)107-75(7,8)9)64(56)72(92)108-76(10,11)12)83(103-23)45-37-79(99-19,38-46-83)51-26-25-49(57(65(85)93-13)59(51)67(87)95-15)77(97-17)33-41-81(53,101-21)42-34-77/h25-48H,1-24H3. The van der Waals surface area contributed by atoms with Gasteiger partial charge in [-0.3, -0.25) is 0 Å². The molecule has 0 unspecified atom stereocenters. The van der Waals surface area contributed by atoms with Gasteiger partial charge in [0.1, 0.15) is 67.2 Å². The number of hydrogen-bond acceptors (Lipinski definition) is 24. The molecule has 26 aliphatic rings. The molecule has 576 valence electrons. The molecular formula is C84H96O24. The lowest BCUT2D eigenvalue weighted by molar-refractivity contribution is -0.000409. The third-order valence-corrected chi connectivity index (χ3v) is 19.5. The van der Waals surface area contributed by atoms with Crippen LogP contribution < -0.4 is 0 Å². The second-order valence-electron chi connectivity index (χ2n) is 30.3. The van der Waals surface area contributed by atoms with Crippen LogP contribution in [0.3, 0.4) is 0 Å². The summed E-state index contributed by atoms with van der Waals surface area (Å²) >= 11 is 0. The van der Waals surface area contributed by atoms with Crippen molar-refractivity contribution in [1.29, 1.82) is 0 Å². The summed E-state index contributed by atoms with van der Waals surface area (Å²) in [6.07, 6.45) is 24.6. The van der Waals surface area contributed by atoms with E-state index in [9.17, 15) is 19.2 Å². The summed E-state index contributed by atoms with van der Waals surface area (Å²) in [5.74, 6) is -8.08. The lowest BCUT2D eigenvalue weighted by Crippen LogP contribution is -2.40. The van der Waals surface area contributed by atoms with Gasteiger partial charge in [-0.05, 0) is 180 Å². The molecule has 0 saturated carbocycles. The molecule has 0 amide bonds. The predicted octanol–water partition coefficient (Wildman–Crippen LogP) is 13.0. The number of methoxy groups -OCH3 is 12. The monoisotopic (exact) mass is 1490 g/mol. The molecule has 24 nitrogen and oxygen atoms in total. The van der Waals surface area contributed by atoms with Gasteiger partial charge in [0.2, 0.25) is 0 Å². The van der Waals surface area contributed by atoms with Crippen molar-refractivity contribution < 1.29 is 114 Å². The van der Waals surface area contributed by atoms with Gasteiger partial charge in [0.15, 0.2) is 0 Å². The van der Waals surface area contributed by atoms with Crippen molar-refractivity contribution in [1.82, 2.24) is 0 Å². The van der Waals surface area contributed by atoms with Crippen LogP contribution in [-0.4, -0.2) is 155 Å². The molecule has 4 aromatic carbocycles. The van der Waals surface area contributed by atoms with E-state index >= 15 is 19.2 Å². The summed E-state index contributed by atoms with van der Waals surface area (Å²) in [6.45, 7) is 19.8. The van der Waals surface area contributed by atoms with Gasteiger partial charge in [-0.1, -0.05) is 48.5 Å². The Labute approximate surface area is 629 Å². The summed E-state index contributed by atoms with van der Waals surface area (Å²) in [7, 11) is 15.4. The van der Waals surface area contributed by atoms with Gasteiger partial charge in [-0.2, -0.15) is 0 Å². The Bertz CT molecular complexity index is 3950. The van der Waals surface area contributed by atoms with Gasteiger partial charge in [-0.15, -0.1) is 0 Å². The Morgan fingerprint density at radius 3 is 0.380 bits per heavy atom. The van der Waals surface area contributed by atoms with Crippen molar-refractivity contribution in [3.63, 3.8) is 0 Å². The average molecular weight is 1490 g/mol. The van der Waals surface area contributed by atoms with Crippen LogP contribution in [0.15, 0.2) is 146 Å². The Balaban J connectivity index is 1.47. The van der Waals surface area contributed by atoms with Gasteiger partial charge in [0, 0.05) is 101 Å². The van der Waals surface area contributed by atoms with Crippen LogP contribution >= 0.6 is 0 Å². The van der Waals surface area contributed by atoms with Gasteiger partial charge < -0.3 is 75.8 Å². The van der Waals surface area contributed by atoms with E-state index in [0.29, 0.717) is 0 Å². The number of esters is 8. The first kappa shape index (κ1) is 82.3. The van der Waals surface area contributed by atoms with Crippen LogP contribution in [0.5, 0.6) is 0 Å². The molecule has 26 aliphatic carbocycles. The van der Waals surface area contributed by atoms with Crippen LogP contribution in [0.25, 0.3) is 0 Å². The topological polar surface area (TPSA) is 284 Å². The first-order valence-corrected chi connectivity index (χ1v) is 34.5. The van der Waals surface area contributed by atoms with E-state index in [0.717, 1.165) is 28.4 Å². The zero-order valence-corrected chi connectivity index (χ0v) is 65.7. The lowest BCUT2D eigenvalue weighted by atomic mass is 9.72. The van der Waals surface area contributed by atoms with Crippen LogP contribution in [0, 0.1) is 0 Å². The molecule has 0 aromatic heterocycles. The highest BCUT2D eigenvalue weighted by atomic mass is 16.6. The fraction of sp³-hybridized carbons (Fsp3) is 0.429. The van der Waals surface area contributed by atoms with Crippen LogP contribution in [-0.2, 0) is 121 Å². The highest BCUT2D eigenvalue weighted by molar-refractivity contribution is 6.10. The number of ether oxygens (including phenoxy) is 16. The third-order valence-electron chi connectivity index (χ3n) is 19.5. The third kappa shape index (κ3) is 14.4. The van der Waals surface area contributed by atoms with Gasteiger partial charge in [0.25, 0.3) is 0 Å². The molecule has 24 heteroatoms. The first-order chi connectivity index (χ1) is 50.5. The zero-order chi connectivity index (χ0) is 80.1. The highest BCUT2D eigenvalue weighted by Gasteiger charge is 2.52. The van der Waals surface area contributed by atoms with E-state index in [2.05, 4.69) is 0 Å². The molecule has 0 saturated heterocycles. The summed E-state index contributed by atoms with van der Waals surface area (Å²) in [5.41, 5.74) is -21.8. The normalized spacial score (nSPS) is 25.3. The van der Waals surface area contributed by atoms with E-state index in [1.54, 1.807) is 156 Å². The van der Waals surface area contributed by atoms with E-state index < -0.39 is 115 Å². The number of carbonyl (C=O) groups is 8. The van der Waals surface area contributed by atoms with Crippen molar-refractivity contribution in [2.45, 2.75) is 150 Å². The minimum Gasteiger partial charge on any atom is -0.465 e. The SMILES string of the molecule is COC(=O)c1c2ccc(c1C(=O)OC)C1(OC)C=CC(OC)(C=C1)c1ccc(c(C(=O)OC(C)(C)C)c1C(=O)OC(C)(C)C)C1(OC)C=CC(OC)(C=C1)c1ccc(c(C(=O)OC)c1C(=O)OC)C1(OC)C=CC(OC)(C=C1)c1ccc(c(C(=O)OC(C)(C)C)c1C(=O)OC(C)(C)C)C1(OC)C=CC2(OC)C=C1. The van der Waals surface area contributed by atoms with Crippen molar-refractivity contribution in [2.75, 3.05) is 85.3 Å². The fourth-order valence-corrected chi connectivity index (χ4v) is 14.3. The lowest BCUT2D eigenvalue weighted by Gasteiger charge is -2.41. The minimum absolute atomic E-state index is 0.0324. The molecule has 0 atom stereocenters. The maximum atomic E-state index is 15.6. The molecule has 30 rings (SSSR count). The minimum atomic E-state index is -1.84. The zero-order valence-electron chi connectivity index (χ0n) is 65.7. The average Bonchev–Trinajstić information content (AvgIpc) is 0.720. The number of rotatable bonds is 16. The Morgan fingerprint density at radius 2 is 0.296 bits per heavy atom. The largest absolute Gasteiger partial charge is 0.465 e. The van der Waals surface area contributed by atoms with E-state index in [-0.39, 0.29) is 89.0 Å². The predicted molar refractivity (Wildman–Crippen MR) is 394 cm³/mol. The molecule has 0 heterocycles. The van der Waals surface area contributed by atoms with Crippen LogP contribution in [0.4, 0.5) is 0 Å². The molecule has 4 aromatic rings. The molecule has 16 bridgehead atoms. The Kier molecular flexibility index (Phi) is 22.6. The van der Waals surface area contributed by atoms with Crippen LogP contribution in [0.2, 0.25) is 0 Å². The fourth-order valence-electron chi connectivity index (χ4n) is 14.3. The second kappa shape index (κ2) is 29.7. The molecule has 0 radical (unpaired) electrons. The van der Waals surface area contributed by atoms with Crippen molar-refractivity contribution in [2.24, 2.45) is 0 Å². The number of carbonyl (C=O) groups excluding carboxylic acids is 8. The van der Waals surface area contributed by atoms with Crippen molar-refractivity contribution in [3.05, 3.63) is 235 Å². The molecular weight excluding hydrogens is 1390 g/mol. The smallest absolute Gasteiger partial charge is 0.339 e. The van der Waals surface area contributed by atoms with Gasteiger partial charge in [-0.25, -0.2) is 38.4 Å². The Morgan fingerprint density at radius 1 is 0.194 bits per heavy atom. The van der Waals surface area contributed by atoms with Crippen LogP contribution in [0.1, 0.15) is 210 Å². The number of benzene rings is 4. The molecule has 0 N–H and O–H groups in total. The molecule has 0 aliphatic heterocycles. The quantitative estimate of drug-likeness (QED) is 0.0572. The summed E-state index contributed by atoms with van der Waals surface area (Å²) in [4.78, 5) is 122. The maximum Gasteiger partial charge on any atom is 0.339 e. The van der Waals surface area contributed by atoms with E-state index in [1.165, 1.54) is 130 Å². The highest BCUT2D eigenvalue weighted by Crippen LogP contribution is 2.53. The molecule has 108 heavy (non-hydrogen) atoms. The number of hydrogen-bond donors (Lipinski definition) is 0. The summed E-state index contributed by atoms with van der Waals surface area (Å²) < 4.78 is 98.7. The summed E-state index contributed by atoms with van der Waals surface area (Å²) in [6, 6.07) is 12.4. The molecule has 0 fully saturated rings. The Hall–Kier alpha value is -9.76. The van der Waals surface area contributed by atoms with Crippen molar-refractivity contribution in [3.8, 4) is 0 Å². The second-order valence-corrected chi connectivity index (χ2v) is 30.3. The van der Waals surface area contributed by atoms with E-state index in [1.807, 2.05) is 0 Å². The molecule has 0 spiro atoms. The van der Waals surface area contributed by atoms with Gasteiger partial charge in [0.05, 0.1) is 72.9 Å². The first-order valence-electron chi connectivity index (χ1n) is 34.5. The summed E-state index contributed by atoms with van der Waals surface area (Å²) in [5, 5.41) is 0. The van der Waals surface area contributed by atoms with Gasteiger partial charge >= 0.3 is 47.8 Å². The maximum absolute atomic E-state index is 15.6.